The van der Waals surface area contributed by atoms with Crippen LogP contribution in [0.4, 0.5) is 0 Å². The Labute approximate surface area is 311 Å². The highest BCUT2D eigenvalue weighted by atomic mass is 16.6. The number of carbonyl (C=O) groups is 2. The van der Waals surface area contributed by atoms with Gasteiger partial charge in [-0.3, -0.25) is 9.59 Å². The Balaban J connectivity index is 4.08. The fraction of sp³-hybridized carbons (Fsp3) is 0.867. The normalized spacial score (nSPS) is 12.3. The summed E-state index contributed by atoms with van der Waals surface area (Å²) in [6.45, 7) is 7.73. The minimum absolute atomic E-state index is 0.0820. The highest BCUT2D eigenvalue weighted by Crippen LogP contribution is 2.13. The third kappa shape index (κ3) is 39.2. The standard InChI is InChI=1S/C45H84O5/c1-4-7-10-13-15-17-19-21-23-24-26-28-30-33-35-38-44(46)49-42-43(50-45(47)39-36-32-12-9-6-3)41-48-40-37-34-31-29-27-25-22-20-18-16-14-11-8-5-2/h18,20-21,23,43H,4-17,19,22,24-42H2,1-3H3/b20-18-,23-21-. The van der Waals surface area contributed by atoms with E-state index in [0.29, 0.717) is 19.4 Å². The van der Waals surface area contributed by atoms with Crippen molar-refractivity contribution < 1.29 is 23.8 Å². The SMILES string of the molecule is CCCCCC/C=C\CCCCCCCCOCC(COC(=O)CCCCCCC/C=C\CCCCCCCC)OC(=O)CCCCCCC. The first kappa shape index (κ1) is 48.4. The first-order valence-corrected chi connectivity index (χ1v) is 21.9. The van der Waals surface area contributed by atoms with Gasteiger partial charge >= 0.3 is 11.9 Å². The van der Waals surface area contributed by atoms with Crippen LogP contribution in [0.2, 0.25) is 0 Å². The Kier molecular flexibility index (Phi) is 40.4. The summed E-state index contributed by atoms with van der Waals surface area (Å²) in [4.78, 5) is 25.0. The van der Waals surface area contributed by atoms with Gasteiger partial charge in [0.25, 0.3) is 0 Å². The summed E-state index contributed by atoms with van der Waals surface area (Å²) >= 11 is 0. The molecular weight excluding hydrogens is 620 g/mol. The highest BCUT2D eigenvalue weighted by Gasteiger charge is 2.17. The quantitative estimate of drug-likeness (QED) is 0.0361. The number of carbonyl (C=O) groups excluding carboxylic acids is 2. The molecule has 1 unspecified atom stereocenters. The molecule has 0 amide bonds. The van der Waals surface area contributed by atoms with E-state index in [9.17, 15) is 9.59 Å². The fourth-order valence-corrected chi connectivity index (χ4v) is 6.14. The summed E-state index contributed by atoms with van der Waals surface area (Å²) < 4.78 is 17.2. The van der Waals surface area contributed by atoms with Crippen LogP contribution in [0.1, 0.15) is 226 Å². The number of rotatable bonds is 40. The molecule has 0 aliphatic heterocycles. The number of allylic oxidation sites excluding steroid dienone is 4. The molecule has 0 rings (SSSR count). The Morgan fingerprint density at radius 1 is 0.420 bits per heavy atom. The van der Waals surface area contributed by atoms with Crippen molar-refractivity contribution in [3.8, 4) is 0 Å². The molecule has 0 aromatic carbocycles. The molecular formula is C45H84O5. The summed E-state index contributed by atoms with van der Waals surface area (Å²) in [5.74, 6) is -0.416. The van der Waals surface area contributed by atoms with Crippen molar-refractivity contribution in [3.63, 3.8) is 0 Å². The van der Waals surface area contributed by atoms with Crippen LogP contribution in [0, 0.1) is 0 Å². The molecule has 1 atom stereocenters. The van der Waals surface area contributed by atoms with Crippen LogP contribution in [0.25, 0.3) is 0 Å². The molecule has 0 heterocycles. The Bertz CT molecular complexity index is 761. The molecule has 0 spiro atoms. The maximum Gasteiger partial charge on any atom is 0.306 e. The predicted molar refractivity (Wildman–Crippen MR) is 215 cm³/mol. The van der Waals surface area contributed by atoms with Crippen LogP contribution >= 0.6 is 0 Å². The molecule has 0 aliphatic rings. The molecule has 50 heavy (non-hydrogen) atoms. The second kappa shape index (κ2) is 41.8. The number of hydrogen-bond acceptors (Lipinski definition) is 5. The lowest BCUT2D eigenvalue weighted by Crippen LogP contribution is -2.30. The summed E-state index contributed by atoms with van der Waals surface area (Å²) in [5, 5.41) is 0. The predicted octanol–water partition coefficient (Wildman–Crippen LogP) is 14.1. The molecule has 0 aromatic rings. The smallest absolute Gasteiger partial charge is 0.306 e. The Morgan fingerprint density at radius 3 is 1.24 bits per heavy atom. The van der Waals surface area contributed by atoms with Gasteiger partial charge in [-0.15, -0.1) is 0 Å². The molecule has 0 bridgehead atoms. The summed E-state index contributed by atoms with van der Waals surface area (Å²) in [7, 11) is 0. The second-order valence-electron chi connectivity index (χ2n) is 14.6. The van der Waals surface area contributed by atoms with E-state index in [4.69, 9.17) is 14.2 Å². The zero-order valence-electron chi connectivity index (χ0n) is 33.7. The number of ether oxygens (including phenoxy) is 3. The highest BCUT2D eigenvalue weighted by molar-refractivity contribution is 5.70. The van der Waals surface area contributed by atoms with Crippen LogP contribution in [-0.2, 0) is 23.8 Å². The van der Waals surface area contributed by atoms with Gasteiger partial charge in [0.15, 0.2) is 6.10 Å². The molecule has 0 N–H and O–H groups in total. The molecule has 294 valence electrons. The number of unbranched alkanes of at least 4 members (excludes halogenated alkanes) is 25. The lowest BCUT2D eigenvalue weighted by Gasteiger charge is -2.18. The van der Waals surface area contributed by atoms with Gasteiger partial charge in [0.1, 0.15) is 6.61 Å². The number of hydrogen-bond donors (Lipinski definition) is 0. The van der Waals surface area contributed by atoms with Crippen molar-refractivity contribution in [2.24, 2.45) is 0 Å². The van der Waals surface area contributed by atoms with Crippen molar-refractivity contribution >= 4 is 11.9 Å². The molecule has 0 saturated carbocycles. The molecule has 0 aromatic heterocycles. The van der Waals surface area contributed by atoms with E-state index >= 15 is 0 Å². The second-order valence-corrected chi connectivity index (χ2v) is 14.6. The summed E-state index contributed by atoms with van der Waals surface area (Å²) in [6, 6.07) is 0. The Hall–Kier alpha value is -1.62. The van der Waals surface area contributed by atoms with Gasteiger partial charge < -0.3 is 14.2 Å². The van der Waals surface area contributed by atoms with E-state index in [-0.39, 0.29) is 25.2 Å². The zero-order valence-corrected chi connectivity index (χ0v) is 33.7. The van der Waals surface area contributed by atoms with E-state index in [1.54, 1.807) is 0 Å². The van der Waals surface area contributed by atoms with Crippen molar-refractivity contribution in [2.75, 3.05) is 19.8 Å². The molecule has 0 saturated heterocycles. The molecule has 5 heteroatoms. The van der Waals surface area contributed by atoms with Gasteiger partial charge in [0.05, 0.1) is 6.61 Å². The van der Waals surface area contributed by atoms with Gasteiger partial charge in [-0.1, -0.05) is 167 Å². The topological polar surface area (TPSA) is 61.8 Å². The maximum atomic E-state index is 12.5. The molecule has 0 radical (unpaired) electrons. The van der Waals surface area contributed by atoms with Gasteiger partial charge in [0, 0.05) is 19.4 Å². The first-order valence-electron chi connectivity index (χ1n) is 21.9. The van der Waals surface area contributed by atoms with Crippen molar-refractivity contribution in [3.05, 3.63) is 24.3 Å². The van der Waals surface area contributed by atoms with Crippen LogP contribution in [0.5, 0.6) is 0 Å². The third-order valence-corrected chi connectivity index (χ3v) is 9.46. The van der Waals surface area contributed by atoms with Gasteiger partial charge in [-0.05, 0) is 70.6 Å². The van der Waals surface area contributed by atoms with E-state index in [0.717, 1.165) is 57.8 Å². The maximum absolute atomic E-state index is 12.5. The lowest BCUT2D eigenvalue weighted by atomic mass is 10.1. The van der Waals surface area contributed by atoms with Crippen LogP contribution < -0.4 is 0 Å². The van der Waals surface area contributed by atoms with Gasteiger partial charge in [0.2, 0.25) is 0 Å². The summed E-state index contributed by atoms with van der Waals surface area (Å²) in [5.41, 5.74) is 0. The zero-order chi connectivity index (χ0) is 36.4. The largest absolute Gasteiger partial charge is 0.462 e. The van der Waals surface area contributed by atoms with Crippen molar-refractivity contribution in [1.29, 1.82) is 0 Å². The minimum atomic E-state index is -0.532. The van der Waals surface area contributed by atoms with Crippen LogP contribution in [0.3, 0.4) is 0 Å². The average Bonchev–Trinajstić information content (AvgIpc) is 3.11. The van der Waals surface area contributed by atoms with Crippen molar-refractivity contribution in [2.45, 2.75) is 232 Å². The third-order valence-electron chi connectivity index (χ3n) is 9.46. The van der Waals surface area contributed by atoms with Gasteiger partial charge in [-0.25, -0.2) is 0 Å². The van der Waals surface area contributed by atoms with Crippen LogP contribution in [-0.4, -0.2) is 37.9 Å². The monoisotopic (exact) mass is 705 g/mol. The molecule has 0 aliphatic carbocycles. The van der Waals surface area contributed by atoms with Crippen LogP contribution in [0.15, 0.2) is 24.3 Å². The Morgan fingerprint density at radius 2 is 0.780 bits per heavy atom. The number of esters is 2. The van der Waals surface area contributed by atoms with E-state index in [1.807, 2.05) is 0 Å². The first-order chi connectivity index (χ1) is 24.6. The average molecular weight is 705 g/mol. The van der Waals surface area contributed by atoms with E-state index < -0.39 is 6.10 Å². The van der Waals surface area contributed by atoms with E-state index in [2.05, 4.69) is 45.1 Å². The minimum Gasteiger partial charge on any atom is -0.462 e. The lowest BCUT2D eigenvalue weighted by molar-refractivity contribution is -0.163. The summed E-state index contributed by atoms with van der Waals surface area (Å²) in [6.07, 6.45) is 46.2. The molecule has 0 fully saturated rings. The molecule has 5 nitrogen and oxygen atoms in total. The van der Waals surface area contributed by atoms with Crippen molar-refractivity contribution in [1.82, 2.24) is 0 Å². The van der Waals surface area contributed by atoms with Gasteiger partial charge in [-0.2, -0.15) is 0 Å². The fourth-order valence-electron chi connectivity index (χ4n) is 6.14. The van der Waals surface area contributed by atoms with E-state index in [1.165, 1.54) is 135 Å².